The Hall–Kier alpha value is -3.55. The van der Waals surface area contributed by atoms with Crippen molar-refractivity contribution in [1.29, 1.82) is 0 Å². The molecule has 0 aliphatic rings. The predicted octanol–water partition coefficient (Wildman–Crippen LogP) is 1.96. The molecular weight excluding hydrogens is 342 g/mol. The zero-order valence-corrected chi connectivity index (χ0v) is 14.9. The number of pyridine rings is 1. The number of hydrogen-bond acceptors (Lipinski definition) is 5. The van der Waals surface area contributed by atoms with Gasteiger partial charge in [0.1, 0.15) is 24.8 Å². The first-order chi connectivity index (χ1) is 13.2. The maximum absolute atomic E-state index is 12.4. The number of rotatable bonds is 6. The number of nitrogens with zero attached hydrogens (tertiary/aromatic N) is 6. The van der Waals surface area contributed by atoms with E-state index in [1.807, 2.05) is 47.9 Å². The number of hydrogen-bond donors (Lipinski definition) is 1. The number of carbonyl (C=O) groups excluding carboxylic acids is 1. The highest BCUT2D eigenvalue weighted by atomic mass is 16.1. The van der Waals surface area contributed by atoms with Crippen LogP contribution in [0.5, 0.6) is 0 Å². The van der Waals surface area contributed by atoms with Crippen molar-refractivity contribution in [3.05, 3.63) is 67.1 Å². The summed E-state index contributed by atoms with van der Waals surface area (Å²) in [5.41, 5.74) is 2.80. The van der Waals surface area contributed by atoms with E-state index in [2.05, 4.69) is 25.4 Å². The van der Waals surface area contributed by atoms with E-state index < -0.39 is 0 Å². The topological polar surface area (TPSA) is 90.5 Å². The van der Waals surface area contributed by atoms with Crippen LogP contribution in [0.4, 0.5) is 0 Å². The smallest absolute Gasteiger partial charge is 0.224 e. The zero-order chi connectivity index (χ0) is 18.6. The Labute approximate surface area is 155 Å². The summed E-state index contributed by atoms with van der Waals surface area (Å²) >= 11 is 0. The molecule has 3 heterocycles. The Balaban J connectivity index is 1.51. The molecule has 0 bridgehead atoms. The fraction of sp³-hybridized carbons (Fsp3) is 0.211. The van der Waals surface area contributed by atoms with Gasteiger partial charge in [-0.05, 0) is 18.2 Å². The van der Waals surface area contributed by atoms with Crippen LogP contribution in [-0.2, 0) is 17.9 Å². The van der Waals surface area contributed by atoms with Crippen LogP contribution in [0.2, 0.25) is 0 Å². The molecule has 0 fully saturated rings. The lowest BCUT2D eigenvalue weighted by atomic mass is 10.1. The van der Waals surface area contributed by atoms with E-state index in [1.54, 1.807) is 23.5 Å². The van der Waals surface area contributed by atoms with Crippen LogP contribution in [-0.4, -0.2) is 35.2 Å². The molecule has 0 saturated carbocycles. The average molecular weight is 361 g/mol. The Bertz CT molecular complexity index is 1050. The van der Waals surface area contributed by atoms with Crippen LogP contribution < -0.4 is 5.32 Å². The number of carbonyl (C=O) groups is 1. The summed E-state index contributed by atoms with van der Waals surface area (Å²) in [5.74, 6) is 0.493. The van der Waals surface area contributed by atoms with Crippen LogP contribution in [0.25, 0.3) is 16.9 Å². The molecule has 0 aliphatic carbocycles. The van der Waals surface area contributed by atoms with Crippen LogP contribution in [0.15, 0.2) is 61.6 Å². The van der Waals surface area contributed by atoms with E-state index >= 15 is 0 Å². The lowest BCUT2D eigenvalue weighted by Gasteiger charge is -2.14. The molecule has 0 saturated heterocycles. The third kappa shape index (κ3) is 3.55. The maximum Gasteiger partial charge on any atom is 0.224 e. The van der Waals surface area contributed by atoms with Gasteiger partial charge in [0, 0.05) is 18.3 Å². The highest BCUT2D eigenvalue weighted by molar-refractivity contribution is 5.79. The lowest BCUT2D eigenvalue weighted by molar-refractivity contribution is -0.125. The van der Waals surface area contributed by atoms with Crippen molar-refractivity contribution in [1.82, 2.24) is 34.6 Å². The van der Waals surface area contributed by atoms with E-state index in [0.717, 1.165) is 22.4 Å². The monoisotopic (exact) mass is 361 g/mol. The third-order valence-corrected chi connectivity index (χ3v) is 4.38. The van der Waals surface area contributed by atoms with Gasteiger partial charge in [-0.15, -0.1) is 0 Å². The molecule has 0 radical (unpaired) electrons. The van der Waals surface area contributed by atoms with E-state index in [9.17, 15) is 4.79 Å². The molecule has 0 spiro atoms. The molecule has 3 aromatic heterocycles. The molecule has 8 nitrogen and oxygen atoms in total. The number of nitrogens with one attached hydrogen (secondary N) is 1. The van der Waals surface area contributed by atoms with Gasteiger partial charge in [-0.25, -0.2) is 15.0 Å². The van der Waals surface area contributed by atoms with Gasteiger partial charge in [-0.3, -0.25) is 14.0 Å². The molecule has 0 aliphatic heterocycles. The highest BCUT2D eigenvalue weighted by Crippen LogP contribution is 2.19. The summed E-state index contributed by atoms with van der Waals surface area (Å²) < 4.78 is 3.59. The van der Waals surface area contributed by atoms with E-state index in [0.29, 0.717) is 13.1 Å². The molecule has 136 valence electrons. The first-order valence-electron chi connectivity index (χ1n) is 8.69. The second-order valence-corrected chi connectivity index (χ2v) is 6.33. The predicted molar refractivity (Wildman–Crippen MR) is 99.9 cm³/mol. The number of para-hydroxylation sites is 2. The van der Waals surface area contributed by atoms with Crippen molar-refractivity contribution in [3.63, 3.8) is 0 Å². The third-order valence-electron chi connectivity index (χ3n) is 4.38. The molecule has 1 aromatic carbocycles. The van der Waals surface area contributed by atoms with Crippen molar-refractivity contribution >= 4 is 16.9 Å². The minimum atomic E-state index is -0.221. The quantitative estimate of drug-likeness (QED) is 0.567. The number of imidazole rings is 1. The molecule has 4 rings (SSSR count). The molecule has 4 aromatic rings. The van der Waals surface area contributed by atoms with Crippen LogP contribution in [0, 0.1) is 5.92 Å². The molecule has 1 N–H and O–H groups in total. The van der Waals surface area contributed by atoms with Crippen LogP contribution >= 0.6 is 0 Å². The van der Waals surface area contributed by atoms with Crippen molar-refractivity contribution in [2.75, 3.05) is 0 Å². The Kier molecular flexibility index (Phi) is 4.61. The fourth-order valence-electron chi connectivity index (χ4n) is 2.96. The summed E-state index contributed by atoms with van der Waals surface area (Å²) in [6.07, 6.45) is 6.56. The number of aromatic nitrogens is 6. The van der Waals surface area contributed by atoms with Crippen molar-refractivity contribution in [3.8, 4) is 5.82 Å². The van der Waals surface area contributed by atoms with Gasteiger partial charge in [0.05, 0.1) is 23.5 Å². The maximum atomic E-state index is 12.4. The summed E-state index contributed by atoms with van der Waals surface area (Å²) in [4.78, 5) is 25.3. The van der Waals surface area contributed by atoms with Crippen LogP contribution in [0.1, 0.15) is 12.5 Å². The van der Waals surface area contributed by atoms with Gasteiger partial charge >= 0.3 is 0 Å². The Morgan fingerprint density at radius 1 is 1.15 bits per heavy atom. The minimum Gasteiger partial charge on any atom is -0.352 e. The number of amides is 1. The molecule has 1 amide bonds. The number of benzene rings is 1. The van der Waals surface area contributed by atoms with E-state index in [-0.39, 0.29) is 11.8 Å². The summed E-state index contributed by atoms with van der Waals surface area (Å²) in [6.45, 7) is 2.73. The normalized spacial score (nSPS) is 12.2. The molecule has 27 heavy (non-hydrogen) atoms. The minimum absolute atomic E-state index is 0.0456. The van der Waals surface area contributed by atoms with Crippen molar-refractivity contribution < 1.29 is 4.79 Å². The molecule has 8 heteroatoms. The Morgan fingerprint density at radius 2 is 2.04 bits per heavy atom. The SMILES string of the molecule is C[C@H](Cn1cncn1)C(=O)NCc1cccnc1-n1cnc2ccccc21. The first kappa shape index (κ1) is 16.9. The summed E-state index contributed by atoms with van der Waals surface area (Å²) in [5, 5.41) is 7.03. The summed E-state index contributed by atoms with van der Waals surface area (Å²) in [7, 11) is 0. The van der Waals surface area contributed by atoms with Gasteiger partial charge in [0.25, 0.3) is 0 Å². The second-order valence-electron chi connectivity index (χ2n) is 6.33. The first-order valence-corrected chi connectivity index (χ1v) is 8.69. The lowest BCUT2D eigenvalue weighted by Crippen LogP contribution is -2.31. The average Bonchev–Trinajstić information content (AvgIpc) is 3.36. The van der Waals surface area contributed by atoms with Gasteiger partial charge in [-0.1, -0.05) is 25.1 Å². The van der Waals surface area contributed by atoms with Gasteiger partial charge < -0.3 is 5.32 Å². The Morgan fingerprint density at radius 3 is 2.89 bits per heavy atom. The molecular formula is C19H19N7O. The fourth-order valence-corrected chi connectivity index (χ4v) is 2.96. The second kappa shape index (κ2) is 7.36. The van der Waals surface area contributed by atoms with Crippen molar-refractivity contribution in [2.24, 2.45) is 5.92 Å². The van der Waals surface area contributed by atoms with E-state index in [1.165, 1.54) is 6.33 Å². The molecule has 1 atom stereocenters. The van der Waals surface area contributed by atoms with Gasteiger partial charge in [-0.2, -0.15) is 5.10 Å². The summed E-state index contributed by atoms with van der Waals surface area (Å²) in [6, 6.07) is 11.7. The van der Waals surface area contributed by atoms with Crippen molar-refractivity contribution in [2.45, 2.75) is 20.0 Å². The standard InChI is InChI=1S/C19H19N7O/c1-14(10-25-12-20-11-24-25)19(27)22-9-15-5-4-8-21-18(15)26-13-23-16-6-2-3-7-17(16)26/h2-8,11-14H,9-10H2,1H3,(H,22,27)/t14-/m1/s1. The van der Waals surface area contributed by atoms with Gasteiger partial charge in [0.2, 0.25) is 5.91 Å². The zero-order valence-electron chi connectivity index (χ0n) is 14.9. The molecule has 0 unspecified atom stereocenters. The highest BCUT2D eigenvalue weighted by Gasteiger charge is 2.15. The van der Waals surface area contributed by atoms with Crippen LogP contribution in [0.3, 0.4) is 0 Å². The largest absolute Gasteiger partial charge is 0.352 e. The van der Waals surface area contributed by atoms with Gasteiger partial charge in [0.15, 0.2) is 0 Å². The number of fused-ring (bicyclic) bond motifs is 1. The van der Waals surface area contributed by atoms with E-state index in [4.69, 9.17) is 0 Å².